The zero-order valence-electron chi connectivity index (χ0n) is 7.91. The molecule has 15 heavy (non-hydrogen) atoms. The zero-order chi connectivity index (χ0) is 11.8. The van der Waals surface area contributed by atoms with E-state index < -0.39 is 30.0 Å². The molecular weight excluding hydrogens is 215 g/mol. The van der Waals surface area contributed by atoms with Gasteiger partial charge in [0.15, 0.2) is 0 Å². The van der Waals surface area contributed by atoms with Crippen LogP contribution in [0.5, 0.6) is 0 Å². The molecule has 1 N–H and O–H groups in total. The fourth-order valence-electron chi connectivity index (χ4n) is 1.79. The van der Waals surface area contributed by atoms with Gasteiger partial charge < -0.3 is 10.0 Å². The van der Waals surface area contributed by atoms with Gasteiger partial charge in [-0.1, -0.05) is 0 Å². The maximum absolute atomic E-state index is 12.4. The van der Waals surface area contributed by atoms with E-state index in [-0.39, 0.29) is 13.0 Å². The Morgan fingerprint density at radius 3 is 2.27 bits per heavy atom. The van der Waals surface area contributed by atoms with Crippen molar-refractivity contribution < 1.29 is 27.9 Å². The molecule has 86 valence electrons. The van der Waals surface area contributed by atoms with Crippen LogP contribution < -0.4 is 0 Å². The second kappa shape index (κ2) is 3.71. The molecule has 1 rings (SSSR count). The van der Waals surface area contributed by atoms with E-state index in [0.29, 0.717) is 0 Å². The fraction of sp³-hybridized carbons (Fsp3) is 0.750. The number of hydrogen-bond acceptors (Lipinski definition) is 2. The first kappa shape index (κ1) is 11.8. The first-order chi connectivity index (χ1) is 6.75. The highest BCUT2D eigenvalue weighted by molar-refractivity contribution is 5.83. The molecule has 0 aromatic rings. The molecule has 0 aromatic carbocycles. The minimum Gasteiger partial charge on any atom is -0.480 e. The largest absolute Gasteiger partial charge is 0.480 e. The van der Waals surface area contributed by atoms with Crippen molar-refractivity contribution in [3.63, 3.8) is 0 Å². The van der Waals surface area contributed by atoms with Crippen molar-refractivity contribution in [2.24, 2.45) is 5.92 Å². The Hall–Kier alpha value is -1.27. The highest BCUT2D eigenvalue weighted by atomic mass is 19.4. The molecule has 1 amide bonds. The molecule has 1 saturated heterocycles. The van der Waals surface area contributed by atoms with Crippen molar-refractivity contribution in [3.05, 3.63) is 0 Å². The summed E-state index contributed by atoms with van der Waals surface area (Å²) in [5, 5.41) is 8.67. The highest BCUT2D eigenvalue weighted by Crippen LogP contribution is 2.38. The molecule has 4 nitrogen and oxygen atoms in total. The van der Waals surface area contributed by atoms with Crippen molar-refractivity contribution in [2.45, 2.75) is 25.6 Å². The summed E-state index contributed by atoms with van der Waals surface area (Å²) in [6.07, 6.45) is -4.92. The van der Waals surface area contributed by atoms with Crippen LogP contribution >= 0.6 is 0 Å². The summed E-state index contributed by atoms with van der Waals surface area (Å²) in [4.78, 5) is 22.4. The van der Waals surface area contributed by atoms with Gasteiger partial charge >= 0.3 is 12.1 Å². The number of nitrogens with zero attached hydrogens (tertiary/aromatic N) is 1. The van der Waals surface area contributed by atoms with Crippen LogP contribution in [0.4, 0.5) is 13.2 Å². The SMILES string of the molecule is CC(=O)N1CC[C@@H](C(F)(F)F)[C@H]1C(=O)O. The summed E-state index contributed by atoms with van der Waals surface area (Å²) in [6, 6.07) is -1.78. The lowest BCUT2D eigenvalue weighted by Crippen LogP contribution is -2.46. The van der Waals surface area contributed by atoms with Crippen LogP contribution in [0.2, 0.25) is 0 Å². The van der Waals surface area contributed by atoms with Crippen molar-refractivity contribution in [3.8, 4) is 0 Å². The van der Waals surface area contributed by atoms with Gasteiger partial charge in [0, 0.05) is 13.5 Å². The van der Waals surface area contributed by atoms with E-state index in [1.807, 2.05) is 0 Å². The standard InChI is InChI=1S/C8H10F3NO3/c1-4(13)12-3-2-5(8(9,10)11)6(12)7(14)15/h5-6H,2-3H2,1H3,(H,14,15)/t5-,6+/m1/s1. The Kier molecular flexibility index (Phi) is 2.92. The molecule has 0 bridgehead atoms. The Bertz CT molecular complexity index is 289. The topological polar surface area (TPSA) is 57.6 Å². The third-order valence-electron chi connectivity index (χ3n) is 2.48. The average molecular weight is 225 g/mol. The smallest absolute Gasteiger partial charge is 0.394 e. The van der Waals surface area contributed by atoms with Gasteiger partial charge in [0.1, 0.15) is 6.04 Å². The summed E-state index contributed by atoms with van der Waals surface area (Å²) in [6.45, 7) is 0.908. The third kappa shape index (κ3) is 2.21. The fourth-order valence-corrected chi connectivity index (χ4v) is 1.79. The normalized spacial score (nSPS) is 26.8. The van der Waals surface area contributed by atoms with Crippen LogP contribution in [-0.2, 0) is 9.59 Å². The molecule has 1 fully saturated rings. The molecule has 0 aliphatic carbocycles. The van der Waals surface area contributed by atoms with Crippen molar-refractivity contribution in [2.75, 3.05) is 6.54 Å². The lowest BCUT2D eigenvalue weighted by atomic mass is 10.00. The van der Waals surface area contributed by atoms with E-state index in [0.717, 1.165) is 11.8 Å². The first-order valence-corrected chi connectivity index (χ1v) is 4.32. The lowest BCUT2D eigenvalue weighted by molar-refractivity contribution is -0.189. The number of hydrogen-bond donors (Lipinski definition) is 1. The van der Waals surface area contributed by atoms with Crippen LogP contribution in [0.3, 0.4) is 0 Å². The Morgan fingerprint density at radius 2 is 1.93 bits per heavy atom. The summed E-state index contributed by atoms with van der Waals surface area (Å²) >= 11 is 0. The highest BCUT2D eigenvalue weighted by Gasteiger charge is 2.54. The number of likely N-dealkylation sites (tertiary alicyclic amines) is 1. The number of amides is 1. The van der Waals surface area contributed by atoms with Crippen molar-refractivity contribution in [1.82, 2.24) is 4.90 Å². The van der Waals surface area contributed by atoms with E-state index in [9.17, 15) is 22.8 Å². The summed E-state index contributed by atoms with van der Waals surface area (Å²) in [7, 11) is 0. The average Bonchev–Trinajstić information content (AvgIpc) is 2.45. The first-order valence-electron chi connectivity index (χ1n) is 4.32. The van der Waals surface area contributed by atoms with Crippen LogP contribution in [0, 0.1) is 5.92 Å². The van der Waals surface area contributed by atoms with Gasteiger partial charge in [0.25, 0.3) is 0 Å². The Morgan fingerprint density at radius 1 is 1.40 bits per heavy atom. The van der Waals surface area contributed by atoms with Crippen LogP contribution in [0.15, 0.2) is 0 Å². The molecule has 1 aliphatic rings. The number of carboxylic acids is 1. The number of carbonyl (C=O) groups is 2. The zero-order valence-corrected chi connectivity index (χ0v) is 7.91. The predicted octanol–water partition coefficient (Wildman–Crippen LogP) is 0.870. The number of halogens is 3. The molecule has 0 unspecified atom stereocenters. The summed E-state index contributed by atoms with van der Waals surface area (Å²) in [5.41, 5.74) is 0. The van der Waals surface area contributed by atoms with E-state index in [1.54, 1.807) is 0 Å². The van der Waals surface area contributed by atoms with Crippen LogP contribution in [0.25, 0.3) is 0 Å². The van der Waals surface area contributed by atoms with Gasteiger partial charge in [-0.15, -0.1) is 0 Å². The number of carbonyl (C=O) groups excluding carboxylic acids is 1. The van der Waals surface area contributed by atoms with Gasteiger partial charge in [-0.3, -0.25) is 4.79 Å². The number of rotatable bonds is 1. The van der Waals surface area contributed by atoms with E-state index >= 15 is 0 Å². The number of aliphatic carboxylic acids is 1. The van der Waals surface area contributed by atoms with Gasteiger partial charge in [0.05, 0.1) is 5.92 Å². The van der Waals surface area contributed by atoms with Crippen molar-refractivity contribution in [1.29, 1.82) is 0 Å². The van der Waals surface area contributed by atoms with Crippen molar-refractivity contribution >= 4 is 11.9 Å². The second-order valence-electron chi connectivity index (χ2n) is 3.43. The summed E-state index contributed by atoms with van der Waals surface area (Å²) in [5.74, 6) is -4.21. The monoisotopic (exact) mass is 225 g/mol. The summed E-state index contributed by atoms with van der Waals surface area (Å²) < 4.78 is 37.2. The minimum absolute atomic E-state index is 0.156. The van der Waals surface area contributed by atoms with E-state index in [1.165, 1.54) is 0 Å². The van der Waals surface area contributed by atoms with E-state index in [2.05, 4.69) is 0 Å². The lowest BCUT2D eigenvalue weighted by Gasteiger charge is -2.24. The Balaban J connectivity index is 2.95. The molecule has 0 spiro atoms. The molecule has 0 saturated carbocycles. The third-order valence-corrected chi connectivity index (χ3v) is 2.48. The quantitative estimate of drug-likeness (QED) is 0.720. The molecular formula is C8H10F3NO3. The molecule has 0 aromatic heterocycles. The van der Waals surface area contributed by atoms with Gasteiger partial charge in [-0.2, -0.15) is 13.2 Å². The molecule has 7 heteroatoms. The molecule has 0 radical (unpaired) electrons. The predicted molar refractivity (Wildman–Crippen MR) is 43.0 cm³/mol. The van der Waals surface area contributed by atoms with Gasteiger partial charge in [-0.25, -0.2) is 4.79 Å². The molecule has 1 heterocycles. The number of alkyl halides is 3. The Labute approximate surface area is 83.7 Å². The van der Waals surface area contributed by atoms with Gasteiger partial charge in [0.2, 0.25) is 5.91 Å². The number of carboxylic acid groups (broad SMARTS) is 1. The molecule has 1 aliphatic heterocycles. The maximum Gasteiger partial charge on any atom is 0.394 e. The second-order valence-corrected chi connectivity index (χ2v) is 3.43. The van der Waals surface area contributed by atoms with Gasteiger partial charge in [-0.05, 0) is 6.42 Å². The minimum atomic E-state index is -4.58. The van der Waals surface area contributed by atoms with Crippen LogP contribution in [-0.4, -0.2) is 40.6 Å². The maximum atomic E-state index is 12.4. The van der Waals surface area contributed by atoms with E-state index in [4.69, 9.17) is 5.11 Å². The molecule has 2 atom stereocenters. The van der Waals surface area contributed by atoms with Crippen LogP contribution in [0.1, 0.15) is 13.3 Å².